The molecule has 3 aliphatic rings. The highest BCUT2D eigenvalue weighted by molar-refractivity contribution is 6.42. The third kappa shape index (κ3) is 4.41. The molecule has 0 aromatic heterocycles. The van der Waals surface area contributed by atoms with Crippen molar-refractivity contribution in [3.8, 4) is 11.5 Å². The highest BCUT2D eigenvalue weighted by Crippen LogP contribution is 2.48. The van der Waals surface area contributed by atoms with E-state index in [4.69, 9.17) is 32.7 Å². The van der Waals surface area contributed by atoms with E-state index in [2.05, 4.69) is 17.4 Å². The Morgan fingerprint density at radius 1 is 0.867 bits per heavy atom. The van der Waals surface area contributed by atoms with Crippen molar-refractivity contribution >= 4 is 41.3 Å². The van der Waals surface area contributed by atoms with Gasteiger partial charge >= 0.3 is 0 Å². The molecular weight excluding hydrogens is 441 g/mol. The minimum atomic E-state index is 0. The maximum Gasteiger partial charge on any atom is 0.129 e. The molecule has 1 N–H and O–H groups in total. The summed E-state index contributed by atoms with van der Waals surface area (Å²) in [6.45, 7) is 0.843. The predicted molar refractivity (Wildman–Crippen MR) is 126 cm³/mol. The summed E-state index contributed by atoms with van der Waals surface area (Å²) in [6, 6.07) is 12.2. The lowest BCUT2D eigenvalue weighted by molar-refractivity contribution is -0.0458. The first-order valence-corrected chi connectivity index (χ1v) is 11.6. The van der Waals surface area contributed by atoms with Crippen molar-refractivity contribution in [3.63, 3.8) is 0 Å². The second-order valence-electron chi connectivity index (χ2n) is 8.59. The third-order valence-corrected chi connectivity index (χ3v) is 7.50. The molecule has 5 rings (SSSR count). The summed E-state index contributed by atoms with van der Waals surface area (Å²) < 4.78 is 12.4. The first kappa shape index (κ1) is 22.1. The lowest BCUT2D eigenvalue weighted by Crippen LogP contribution is -2.46. The van der Waals surface area contributed by atoms with E-state index in [1.54, 1.807) is 12.1 Å². The van der Waals surface area contributed by atoms with Crippen LogP contribution in [0.4, 0.5) is 5.69 Å². The predicted octanol–water partition coefficient (Wildman–Crippen LogP) is 8.05. The molecule has 6 heteroatoms. The van der Waals surface area contributed by atoms with Gasteiger partial charge in [-0.1, -0.05) is 42.5 Å². The molecule has 3 atom stereocenters. The lowest BCUT2D eigenvalue weighted by atomic mass is 9.71. The van der Waals surface area contributed by atoms with E-state index in [-0.39, 0.29) is 18.5 Å². The minimum Gasteiger partial charge on any atom is -0.457 e. The highest BCUT2D eigenvalue weighted by atomic mass is 35.5. The van der Waals surface area contributed by atoms with Gasteiger partial charge in [-0.3, -0.25) is 0 Å². The molecule has 2 aromatic carbocycles. The van der Waals surface area contributed by atoms with Gasteiger partial charge in [-0.2, -0.15) is 0 Å². The first-order chi connectivity index (χ1) is 14.2. The minimum absolute atomic E-state index is 0. The molecule has 0 bridgehead atoms. The second-order valence-corrected chi connectivity index (χ2v) is 9.41. The molecule has 30 heavy (non-hydrogen) atoms. The number of hydrogen-bond donors (Lipinski definition) is 1. The van der Waals surface area contributed by atoms with Gasteiger partial charge in [0.15, 0.2) is 0 Å². The SMILES string of the molecule is Cl.Clc1ccc(Oc2ccc3c(c2)[C@H]2OCCC[C@H]2[C@@H](C2CCCCC2)N3)cc1Cl. The summed E-state index contributed by atoms with van der Waals surface area (Å²) in [5.74, 6) is 2.79. The molecule has 1 aliphatic carbocycles. The molecule has 0 unspecified atom stereocenters. The molecule has 2 heterocycles. The van der Waals surface area contributed by atoms with Crippen LogP contribution in [-0.2, 0) is 4.74 Å². The maximum atomic E-state index is 6.34. The average molecular weight is 469 g/mol. The zero-order valence-electron chi connectivity index (χ0n) is 16.9. The molecule has 2 aromatic rings. The van der Waals surface area contributed by atoms with E-state index >= 15 is 0 Å². The number of nitrogens with one attached hydrogen (secondary N) is 1. The Hall–Kier alpha value is -1.13. The van der Waals surface area contributed by atoms with Gasteiger partial charge in [0.1, 0.15) is 11.5 Å². The normalized spacial score (nSPS) is 26.0. The van der Waals surface area contributed by atoms with Gasteiger partial charge < -0.3 is 14.8 Å². The quantitative estimate of drug-likeness (QED) is 0.494. The number of anilines is 1. The Bertz CT molecular complexity index is 885. The van der Waals surface area contributed by atoms with E-state index < -0.39 is 0 Å². The van der Waals surface area contributed by atoms with Crippen LogP contribution in [0.15, 0.2) is 36.4 Å². The standard InChI is InChI=1S/C24H27Cl2NO2.ClH/c25-20-10-8-17(14-21(20)26)29-16-9-11-22-19(13-16)24-18(7-4-12-28-24)23(27-22)15-5-2-1-3-6-15;/h8-11,13-15,18,23-24,27H,1-7,12H2;1H/t18-,23+,24-;/m0./s1. The van der Waals surface area contributed by atoms with E-state index in [1.165, 1.54) is 49.8 Å². The summed E-state index contributed by atoms with van der Waals surface area (Å²) in [5.41, 5.74) is 2.42. The van der Waals surface area contributed by atoms with Gasteiger partial charge in [0.05, 0.1) is 16.1 Å². The van der Waals surface area contributed by atoms with Crippen LogP contribution in [0.5, 0.6) is 11.5 Å². The average Bonchev–Trinajstić information content (AvgIpc) is 2.76. The molecule has 0 radical (unpaired) electrons. The molecule has 1 saturated carbocycles. The number of hydrogen-bond acceptors (Lipinski definition) is 3. The summed E-state index contributed by atoms with van der Waals surface area (Å²) >= 11 is 12.2. The van der Waals surface area contributed by atoms with Gasteiger partial charge in [-0.05, 0) is 61.9 Å². The molecule has 0 spiro atoms. The van der Waals surface area contributed by atoms with E-state index in [1.807, 2.05) is 12.1 Å². The van der Waals surface area contributed by atoms with Crippen LogP contribution in [0, 0.1) is 11.8 Å². The van der Waals surface area contributed by atoms with Crippen LogP contribution in [0.2, 0.25) is 10.0 Å². The molecule has 2 aliphatic heterocycles. The van der Waals surface area contributed by atoms with Crippen LogP contribution in [-0.4, -0.2) is 12.6 Å². The lowest BCUT2D eigenvalue weighted by Gasteiger charge is -2.47. The number of ether oxygens (including phenoxy) is 2. The van der Waals surface area contributed by atoms with Crippen LogP contribution in [0.25, 0.3) is 0 Å². The van der Waals surface area contributed by atoms with Crippen molar-refractivity contribution in [2.45, 2.75) is 57.1 Å². The zero-order valence-corrected chi connectivity index (χ0v) is 19.2. The summed E-state index contributed by atoms with van der Waals surface area (Å²) in [6.07, 6.45) is 9.35. The Morgan fingerprint density at radius 2 is 1.63 bits per heavy atom. The van der Waals surface area contributed by atoms with E-state index in [9.17, 15) is 0 Å². The molecule has 2 fully saturated rings. The third-order valence-electron chi connectivity index (χ3n) is 6.77. The molecule has 3 nitrogen and oxygen atoms in total. The maximum absolute atomic E-state index is 6.34. The zero-order chi connectivity index (χ0) is 19.8. The fraction of sp³-hybridized carbons (Fsp3) is 0.500. The van der Waals surface area contributed by atoms with Crippen molar-refractivity contribution < 1.29 is 9.47 Å². The van der Waals surface area contributed by atoms with Crippen molar-refractivity contribution in [2.75, 3.05) is 11.9 Å². The van der Waals surface area contributed by atoms with Crippen LogP contribution in [0.3, 0.4) is 0 Å². The number of halogens is 3. The van der Waals surface area contributed by atoms with E-state index in [0.29, 0.717) is 27.8 Å². The Labute approximate surface area is 194 Å². The summed E-state index contributed by atoms with van der Waals surface area (Å²) in [4.78, 5) is 0. The van der Waals surface area contributed by atoms with E-state index in [0.717, 1.165) is 24.7 Å². The summed E-state index contributed by atoms with van der Waals surface area (Å²) in [7, 11) is 0. The van der Waals surface area contributed by atoms with Crippen LogP contribution >= 0.6 is 35.6 Å². The number of fused-ring (bicyclic) bond motifs is 3. The van der Waals surface area contributed by atoms with Crippen molar-refractivity contribution in [1.29, 1.82) is 0 Å². The van der Waals surface area contributed by atoms with Crippen LogP contribution < -0.4 is 10.1 Å². The number of rotatable bonds is 3. The van der Waals surface area contributed by atoms with Gasteiger partial charge in [-0.15, -0.1) is 12.4 Å². The Balaban J connectivity index is 0.00000218. The molecule has 1 saturated heterocycles. The fourth-order valence-corrected chi connectivity index (χ4v) is 5.68. The van der Waals surface area contributed by atoms with Crippen LogP contribution in [0.1, 0.15) is 56.6 Å². The smallest absolute Gasteiger partial charge is 0.129 e. The van der Waals surface area contributed by atoms with Gasteiger partial charge in [-0.25, -0.2) is 0 Å². The molecular formula is C24H28Cl3NO2. The largest absolute Gasteiger partial charge is 0.457 e. The monoisotopic (exact) mass is 467 g/mol. The van der Waals surface area contributed by atoms with Gasteiger partial charge in [0.25, 0.3) is 0 Å². The van der Waals surface area contributed by atoms with Gasteiger partial charge in [0, 0.05) is 35.9 Å². The second kappa shape index (κ2) is 9.56. The van der Waals surface area contributed by atoms with Crippen molar-refractivity contribution in [1.82, 2.24) is 0 Å². The molecule has 0 amide bonds. The fourth-order valence-electron chi connectivity index (χ4n) is 5.39. The van der Waals surface area contributed by atoms with Crippen molar-refractivity contribution in [3.05, 3.63) is 52.0 Å². The summed E-state index contributed by atoms with van der Waals surface area (Å²) in [5, 5.41) is 4.92. The Kier molecular flexibility index (Phi) is 7.04. The Morgan fingerprint density at radius 3 is 2.43 bits per heavy atom. The highest BCUT2D eigenvalue weighted by Gasteiger charge is 2.42. The van der Waals surface area contributed by atoms with Gasteiger partial charge in [0.2, 0.25) is 0 Å². The number of benzene rings is 2. The van der Waals surface area contributed by atoms with Crippen molar-refractivity contribution in [2.24, 2.45) is 11.8 Å². The topological polar surface area (TPSA) is 30.5 Å². The first-order valence-electron chi connectivity index (χ1n) is 10.8. The molecule has 162 valence electrons.